The van der Waals surface area contributed by atoms with Gasteiger partial charge in [-0.05, 0) is 19.1 Å². The summed E-state index contributed by atoms with van der Waals surface area (Å²) in [7, 11) is 0. The molecule has 106 valence electrons. The molecule has 6 heteroatoms. The fourth-order valence-electron chi connectivity index (χ4n) is 1.94. The molecule has 2 heterocycles. The number of aromatic nitrogens is 2. The van der Waals surface area contributed by atoms with Gasteiger partial charge in [0.05, 0.1) is 11.3 Å². The van der Waals surface area contributed by atoms with E-state index in [1.165, 1.54) is 11.8 Å². The monoisotopic (exact) mass is 299 g/mol. The normalized spacial score (nSPS) is 10.7. The number of benzene rings is 1. The highest BCUT2D eigenvalue weighted by Crippen LogP contribution is 2.26. The van der Waals surface area contributed by atoms with Crippen molar-refractivity contribution in [3.05, 3.63) is 48.4 Å². The summed E-state index contributed by atoms with van der Waals surface area (Å²) >= 11 is 1.45. The van der Waals surface area contributed by atoms with E-state index in [1.54, 1.807) is 19.2 Å². The minimum absolute atomic E-state index is 0.124. The second-order valence-corrected chi connectivity index (χ2v) is 5.51. The number of pyridine rings is 1. The lowest BCUT2D eigenvalue weighted by Crippen LogP contribution is -2.14. The van der Waals surface area contributed by atoms with Crippen LogP contribution in [0.3, 0.4) is 0 Å². The zero-order valence-corrected chi connectivity index (χ0v) is 12.2. The number of fused-ring (bicyclic) bond motifs is 1. The fourth-order valence-corrected chi connectivity index (χ4v) is 2.78. The summed E-state index contributed by atoms with van der Waals surface area (Å²) in [5.41, 5.74) is 0.912. The highest BCUT2D eigenvalue weighted by Gasteiger charge is 2.08. The Hall–Kier alpha value is -2.34. The smallest absolute Gasteiger partial charge is 0.235 e. The van der Waals surface area contributed by atoms with Crippen molar-refractivity contribution < 1.29 is 9.32 Å². The summed E-state index contributed by atoms with van der Waals surface area (Å²) in [6.45, 7) is 1.78. The van der Waals surface area contributed by atoms with Gasteiger partial charge in [-0.2, -0.15) is 0 Å². The molecule has 0 aliphatic heterocycles. The third-order valence-electron chi connectivity index (χ3n) is 2.85. The molecule has 0 spiro atoms. The average Bonchev–Trinajstić information content (AvgIpc) is 2.90. The van der Waals surface area contributed by atoms with Crippen molar-refractivity contribution in [3.8, 4) is 0 Å². The van der Waals surface area contributed by atoms with Crippen LogP contribution in [0.15, 0.2) is 52.0 Å². The summed E-state index contributed by atoms with van der Waals surface area (Å²) < 4.78 is 4.90. The molecular formula is C15H13N3O2S. The predicted molar refractivity (Wildman–Crippen MR) is 82.3 cm³/mol. The number of nitrogens with one attached hydrogen (secondary N) is 1. The minimum atomic E-state index is -0.124. The molecule has 21 heavy (non-hydrogen) atoms. The Morgan fingerprint density at radius 2 is 2.19 bits per heavy atom. The van der Waals surface area contributed by atoms with Gasteiger partial charge in [-0.15, -0.1) is 11.8 Å². The van der Waals surface area contributed by atoms with Gasteiger partial charge >= 0.3 is 0 Å². The van der Waals surface area contributed by atoms with E-state index in [9.17, 15) is 4.79 Å². The second kappa shape index (κ2) is 5.97. The number of rotatable bonds is 4. The maximum Gasteiger partial charge on any atom is 0.235 e. The Morgan fingerprint density at radius 1 is 1.33 bits per heavy atom. The lowest BCUT2D eigenvalue weighted by Gasteiger charge is -2.05. The van der Waals surface area contributed by atoms with E-state index in [0.29, 0.717) is 17.3 Å². The Kier molecular flexibility index (Phi) is 3.87. The predicted octanol–water partition coefficient (Wildman–Crippen LogP) is 3.26. The molecule has 0 saturated heterocycles. The molecule has 3 rings (SSSR count). The zero-order valence-electron chi connectivity index (χ0n) is 11.4. The van der Waals surface area contributed by atoms with Crippen LogP contribution in [-0.2, 0) is 4.79 Å². The van der Waals surface area contributed by atoms with Crippen LogP contribution in [0.2, 0.25) is 0 Å². The number of thioether (sulfide) groups is 1. The molecule has 0 fully saturated rings. The Labute approximate surface area is 125 Å². The summed E-state index contributed by atoms with van der Waals surface area (Å²) in [4.78, 5) is 17.2. The van der Waals surface area contributed by atoms with Gasteiger partial charge in [0.25, 0.3) is 0 Å². The number of hydrogen-bond donors (Lipinski definition) is 1. The van der Waals surface area contributed by atoms with E-state index in [4.69, 9.17) is 4.52 Å². The molecule has 1 amide bonds. The van der Waals surface area contributed by atoms with E-state index >= 15 is 0 Å². The Morgan fingerprint density at radius 3 is 3.00 bits per heavy atom. The lowest BCUT2D eigenvalue weighted by molar-refractivity contribution is -0.113. The second-order valence-electron chi connectivity index (χ2n) is 4.49. The van der Waals surface area contributed by atoms with Crippen LogP contribution >= 0.6 is 11.8 Å². The quantitative estimate of drug-likeness (QED) is 0.749. The largest absolute Gasteiger partial charge is 0.360 e. The first kappa shape index (κ1) is 13.6. The van der Waals surface area contributed by atoms with Crippen LogP contribution in [0.4, 0.5) is 5.82 Å². The topological polar surface area (TPSA) is 68.0 Å². The molecule has 5 nitrogen and oxygen atoms in total. The van der Waals surface area contributed by atoms with Crippen molar-refractivity contribution in [2.75, 3.05) is 11.1 Å². The van der Waals surface area contributed by atoms with E-state index in [2.05, 4.69) is 15.5 Å². The van der Waals surface area contributed by atoms with Crippen molar-refractivity contribution in [1.82, 2.24) is 10.1 Å². The highest BCUT2D eigenvalue weighted by molar-refractivity contribution is 8.00. The highest BCUT2D eigenvalue weighted by atomic mass is 32.2. The number of amides is 1. The molecule has 0 unspecified atom stereocenters. The van der Waals surface area contributed by atoms with Gasteiger partial charge in [-0.25, -0.2) is 0 Å². The average molecular weight is 299 g/mol. The fraction of sp³-hybridized carbons (Fsp3) is 0.133. The van der Waals surface area contributed by atoms with Gasteiger partial charge < -0.3 is 9.84 Å². The number of anilines is 1. The third-order valence-corrected chi connectivity index (χ3v) is 3.90. The van der Waals surface area contributed by atoms with Crippen LogP contribution < -0.4 is 5.32 Å². The number of hydrogen-bond acceptors (Lipinski definition) is 5. The summed E-state index contributed by atoms with van der Waals surface area (Å²) in [5.74, 6) is 1.27. The van der Waals surface area contributed by atoms with Crippen molar-refractivity contribution in [1.29, 1.82) is 0 Å². The molecule has 3 aromatic rings. The Balaban J connectivity index is 1.67. The number of carbonyl (C=O) groups is 1. The van der Waals surface area contributed by atoms with Crippen molar-refractivity contribution >= 4 is 34.4 Å². The number of para-hydroxylation sites is 1. The molecule has 0 aliphatic rings. The standard InChI is InChI=1S/C15H13N3O2S/c1-10-8-13(18-20-10)17-14(19)9-21-12-6-2-4-11-5-3-7-16-15(11)12/h2-8H,9H2,1H3,(H,17,18,19). The van der Waals surface area contributed by atoms with Crippen LogP contribution in [0.5, 0.6) is 0 Å². The summed E-state index contributed by atoms with van der Waals surface area (Å²) in [5, 5.41) is 7.49. The van der Waals surface area contributed by atoms with Crippen LogP contribution in [0.25, 0.3) is 10.9 Å². The molecule has 0 saturated carbocycles. The van der Waals surface area contributed by atoms with Crippen LogP contribution in [0.1, 0.15) is 5.76 Å². The molecule has 0 atom stereocenters. The first-order valence-electron chi connectivity index (χ1n) is 6.42. The van der Waals surface area contributed by atoms with Crippen LogP contribution in [0, 0.1) is 6.92 Å². The van der Waals surface area contributed by atoms with Gasteiger partial charge in [-0.3, -0.25) is 9.78 Å². The molecule has 1 N–H and O–H groups in total. The minimum Gasteiger partial charge on any atom is -0.360 e. The van der Waals surface area contributed by atoms with Gasteiger partial charge in [0.1, 0.15) is 5.76 Å². The third kappa shape index (κ3) is 3.22. The van der Waals surface area contributed by atoms with Gasteiger partial charge in [0, 0.05) is 22.5 Å². The molecule has 0 radical (unpaired) electrons. The van der Waals surface area contributed by atoms with Gasteiger partial charge in [0.2, 0.25) is 5.91 Å². The number of carbonyl (C=O) groups excluding carboxylic acids is 1. The molecular weight excluding hydrogens is 286 g/mol. The first-order valence-corrected chi connectivity index (χ1v) is 7.40. The number of aryl methyl sites for hydroxylation is 1. The van der Waals surface area contributed by atoms with Crippen molar-refractivity contribution in [3.63, 3.8) is 0 Å². The van der Waals surface area contributed by atoms with E-state index in [0.717, 1.165) is 15.8 Å². The zero-order chi connectivity index (χ0) is 14.7. The van der Waals surface area contributed by atoms with Crippen molar-refractivity contribution in [2.24, 2.45) is 0 Å². The lowest BCUT2D eigenvalue weighted by atomic mass is 10.2. The van der Waals surface area contributed by atoms with E-state index in [1.807, 2.05) is 30.3 Å². The SMILES string of the molecule is Cc1cc(NC(=O)CSc2cccc3cccnc23)no1. The maximum absolute atomic E-state index is 11.9. The summed E-state index contributed by atoms with van der Waals surface area (Å²) in [6.07, 6.45) is 1.75. The van der Waals surface area contributed by atoms with E-state index < -0.39 is 0 Å². The van der Waals surface area contributed by atoms with Gasteiger partial charge in [0.15, 0.2) is 5.82 Å². The van der Waals surface area contributed by atoms with Crippen LogP contribution in [-0.4, -0.2) is 21.8 Å². The molecule has 0 bridgehead atoms. The first-order chi connectivity index (χ1) is 10.2. The number of nitrogens with zero attached hydrogens (tertiary/aromatic N) is 2. The van der Waals surface area contributed by atoms with Crippen molar-refractivity contribution in [2.45, 2.75) is 11.8 Å². The maximum atomic E-state index is 11.9. The summed E-state index contributed by atoms with van der Waals surface area (Å²) in [6, 6.07) is 11.5. The van der Waals surface area contributed by atoms with E-state index in [-0.39, 0.29) is 5.91 Å². The van der Waals surface area contributed by atoms with Gasteiger partial charge in [-0.1, -0.05) is 23.4 Å². The Bertz CT molecular complexity index is 780. The molecule has 0 aliphatic carbocycles. The molecule has 2 aromatic heterocycles. The molecule has 1 aromatic carbocycles.